The highest BCUT2D eigenvalue weighted by Gasteiger charge is 2.12. The van der Waals surface area contributed by atoms with Crippen molar-refractivity contribution in [1.82, 2.24) is 5.48 Å². The average Bonchev–Trinajstić information content (AvgIpc) is 2.13. The first-order chi connectivity index (χ1) is 6.19. The van der Waals surface area contributed by atoms with Crippen LogP contribution in [0.5, 0.6) is 5.75 Å². The molecule has 13 heavy (non-hydrogen) atoms. The summed E-state index contributed by atoms with van der Waals surface area (Å²) in [7, 11) is 0. The van der Waals surface area contributed by atoms with Gasteiger partial charge in [-0.25, -0.2) is 4.39 Å². The zero-order valence-electron chi connectivity index (χ0n) is 7.29. The summed E-state index contributed by atoms with van der Waals surface area (Å²) in [5.41, 5.74) is 2.38. The Bertz CT molecular complexity index is 287. The monoisotopic (exact) mass is 185 g/mol. The van der Waals surface area contributed by atoms with Gasteiger partial charge in [-0.1, -0.05) is 6.92 Å². The highest BCUT2D eigenvalue weighted by atomic mass is 19.1. The largest absolute Gasteiger partial charge is 0.508 e. The van der Waals surface area contributed by atoms with Gasteiger partial charge in [-0.05, 0) is 24.6 Å². The molecule has 72 valence electrons. The fourth-order valence-electron chi connectivity index (χ4n) is 1.19. The zero-order chi connectivity index (χ0) is 9.84. The molecule has 3 nitrogen and oxygen atoms in total. The van der Waals surface area contributed by atoms with E-state index in [4.69, 9.17) is 5.21 Å². The van der Waals surface area contributed by atoms with Crippen LogP contribution in [0.1, 0.15) is 24.9 Å². The van der Waals surface area contributed by atoms with Crippen molar-refractivity contribution in [3.05, 3.63) is 29.6 Å². The molecule has 0 spiro atoms. The molecule has 0 aliphatic carbocycles. The van der Waals surface area contributed by atoms with E-state index in [0.717, 1.165) is 0 Å². The van der Waals surface area contributed by atoms with Gasteiger partial charge in [0.25, 0.3) is 0 Å². The summed E-state index contributed by atoms with van der Waals surface area (Å²) in [5.74, 6) is -0.448. The minimum atomic E-state index is -0.435. The average molecular weight is 185 g/mol. The van der Waals surface area contributed by atoms with E-state index in [0.29, 0.717) is 12.0 Å². The summed E-state index contributed by atoms with van der Waals surface area (Å²) < 4.78 is 12.8. The van der Waals surface area contributed by atoms with Crippen molar-refractivity contribution in [3.63, 3.8) is 0 Å². The van der Waals surface area contributed by atoms with E-state index in [9.17, 15) is 9.50 Å². The zero-order valence-corrected chi connectivity index (χ0v) is 7.29. The molecule has 0 saturated heterocycles. The van der Waals surface area contributed by atoms with Crippen LogP contribution < -0.4 is 5.48 Å². The van der Waals surface area contributed by atoms with Gasteiger partial charge in [0.05, 0.1) is 6.04 Å². The van der Waals surface area contributed by atoms with Crippen LogP contribution >= 0.6 is 0 Å². The Labute approximate surface area is 75.8 Å². The Balaban J connectivity index is 3.03. The number of hydrogen-bond acceptors (Lipinski definition) is 3. The maximum atomic E-state index is 12.8. The third kappa shape index (κ3) is 2.17. The summed E-state index contributed by atoms with van der Waals surface area (Å²) in [6, 6.07) is 3.20. The quantitative estimate of drug-likeness (QED) is 0.631. The van der Waals surface area contributed by atoms with Gasteiger partial charge < -0.3 is 10.3 Å². The maximum Gasteiger partial charge on any atom is 0.123 e. The number of hydrogen-bond donors (Lipinski definition) is 3. The third-order valence-electron chi connectivity index (χ3n) is 1.93. The van der Waals surface area contributed by atoms with E-state index in [1.807, 2.05) is 12.4 Å². The Morgan fingerprint density at radius 2 is 2.23 bits per heavy atom. The summed E-state index contributed by atoms with van der Waals surface area (Å²) in [6.07, 6.45) is 0.563. The molecule has 0 heterocycles. The molecule has 0 saturated carbocycles. The summed E-state index contributed by atoms with van der Waals surface area (Å²) >= 11 is 0. The molecule has 1 atom stereocenters. The molecule has 0 aliphatic heterocycles. The first-order valence-corrected chi connectivity index (χ1v) is 4.07. The van der Waals surface area contributed by atoms with E-state index in [1.165, 1.54) is 18.2 Å². The molecule has 0 radical (unpaired) electrons. The molecule has 1 aromatic rings. The summed E-state index contributed by atoms with van der Waals surface area (Å²) in [4.78, 5) is 0. The van der Waals surface area contributed by atoms with Gasteiger partial charge >= 0.3 is 0 Å². The number of halogens is 1. The number of phenolic OH excluding ortho intramolecular Hbond substituents is 1. The van der Waals surface area contributed by atoms with Crippen LogP contribution in [0.15, 0.2) is 18.2 Å². The predicted octanol–water partition coefficient (Wildman–Crippen LogP) is 1.96. The van der Waals surface area contributed by atoms with Gasteiger partial charge in [0.2, 0.25) is 0 Å². The van der Waals surface area contributed by atoms with Gasteiger partial charge in [0.1, 0.15) is 11.6 Å². The van der Waals surface area contributed by atoms with Crippen LogP contribution in [-0.4, -0.2) is 10.3 Å². The topological polar surface area (TPSA) is 52.5 Å². The van der Waals surface area contributed by atoms with Crippen LogP contribution in [0.2, 0.25) is 0 Å². The highest BCUT2D eigenvalue weighted by molar-refractivity contribution is 5.34. The lowest BCUT2D eigenvalue weighted by atomic mass is 10.0. The number of rotatable bonds is 3. The van der Waals surface area contributed by atoms with Crippen LogP contribution in [0.25, 0.3) is 0 Å². The van der Waals surface area contributed by atoms with E-state index >= 15 is 0 Å². The molecule has 0 aliphatic rings. The third-order valence-corrected chi connectivity index (χ3v) is 1.93. The van der Waals surface area contributed by atoms with Crippen molar-refractivity contribution < 1.29 is 14.7 Å². The molecule has 0 bridgehead atoms. The van der Waals surface area contributed by atoms with Crippen molar-refractivity contribution in [3.8, 4) is 5.75 Å². The number of benzene rings is 1. The predicted molar refractivity (Wildman–Crippen MR) is 46.0 cm³/mol. The molecular formula is C9H12FNO2. The van der Waals surface area contributed by atoms with Gasteiger partial charge in [-0.3, -0.25) is 0 Å². The molecular weight excluding hydrogens is 173 g/mol. The Hall–Kier alpha value is -1.13. The number of aromatic hydroxyl groups is 1. The smallest absolute Gasteiger partial charge is 0.123 e. The van der Waals surface area contributed by atoms with Crippen LogP contribution in [0.4, 0.5) is 4.39 Å². The molecule has 3 N–H and O–H groups in total. The van der Waals surface area contributed by atoms with Gasteiger partial charge in [-0.2, -0.15) is 5.48 Å². The number of hydroxylamine groups is 1. The molecule has 0 aromatic heterocycles. The van der Waals surface area contributed by atoms with E-state index in [1.54, 1.807) is 0 Å². The number of phenols is 1. The second-order valence-electron chi connectivity index (χ2n) is 2.79. The van der Waals surface area contributed by atoms with Crippen molar-refractivity contribution in [2.75, 3.05) is 0 Å². The van der Waals surface area contributed by atoms with E-state index in [-0.39, 0.29) is 5.75 Å². The first kappa shape index (κ1) is 9.95. The molecule has 0 fully saturated rings. The summed E-state index contributed by atoms with van der Waals surface area (Å²) in [6.45, 7) is 1.82. The Kier molecular flexibility index (Phi) is 3.22. The van der Waals surface area contributed by atoms with E-state index in [2.05, 4.69) is 0 Å². The maximum absolute atomic E-state index is 12.8. The first-order valence-electron chi connectivity index (χ1n) is 4.07. The van der Waals surface area contributed by atoms with Crippen molar-refractivity contribution in [1.29, 1.82) is 0 Å². The molecule has 1 rings (SSSR count). The van der Waals surface area contributed by atoms with Crippen molar-refractivity contribution in [2.45, 2.75) is 19.4 Å². The standard InChI is InChI=1S/C9H12FNO2/c1-2-8(11-13)7-5-6(10)3-4-9(7)12/h3-5,8,11-13H,2H2,1H3. The Morgan fingerprint density at radius 3 is 2.77 bits per heavy atom. The lowest BCUT2D eigenvalue weighted by Gasteiger charge is -2.14. The minimum Gasteiger partial charge on any atom is -0.508 e. The second kappa shape index (κ2) is 4.20. The van der Waals surface area contributed by atoms with Gasteiger partial charge in [0, 0.05) is 5.56 Å². The lowest BCUT2D eigenvalue weighted by Crippen LogP contribution is -2.16. The van der Waals surface area contributed by atoms with E-state index < -0.39 is 11.9 Å². The molecule has 1 aromatic carbocycles. The second-order valence-corrected chi connectivity index (χ2v) is 2.79. The Morgan fingerprint density at radius 1 is 1.54 bits per heavy atom. The fourth-order valence-corrected chi connectivity index (χ4v) is 1.19. The van der Waals surface area contributed by atoms with Crippen LogP contribution in [0.3, 0.4) is 0 Å². The molecule has 4 heteroatoms. The van der Waals surface area contributed by atoms with Crippen molar-refractivity contribution >= 4 is 0 Å². The van der Waals surface area contributed by atoms with Gasteiger partial charge in [0.15, 0.2) is 0 Å². The highest BCUT2D eigenvalue weighted by Crippen LogP contribution is 2.26. The minimum absolute atomic E-state index is 0.0187. The molecule has 0 amide bonds. The van der Waals surface area contributed by atoms with Crippen molar-refractivity contribution in [2.24, 2.45) is 0 Å². The van der Waals surface area contributed by atoms with Gasteiger partial charge in [-0.15, -0.1) is 0 Å². The SMILES string of the molecule is CCC(NO)c1cc(F)ccc1O. The summed E-state index contributed by atoms with van der Waals surface area (Å²) in [5, 5.41) is 18.1. The lowest BCUT2D eigenvalue weighted by molar-refractivity contribution is 0.122. The number of nitrogens with one attached hydrogen (secondary N) is 1. The normalized spacial score (nSPS) is 12.8. The van der Waals surface area contributed by atoms with Crippen LogP contribution in [0, 0.1) is 5.82 Å². The fraction of sp³-hybridized carbons (Fsp3) is 0.333. The molecule has 1 unspecified atom stereocenters. The van der Waals surface area contributed by atoms with Crippen LogP contribution in [-0.2, 0) is 0 Å².